The molecule has 1 atom stereocenters. The molecule has 2 heterocycles. The fourth-order valence-corrected chi connectivity index (χ4v) is 1.85. The molecule has 0 unspecified atom stereocenters. The number of ether oxygens (including phenoxy) is 1. The van der Waals surface area contributed by atoms with Gasteiger partial charge in [-0.25, -0.2) is 0 Å². The molecular weight excluding hydrogens is 222 g/mol. The minimum Gasteiger partial charge on any atom is -0.367 e. The average Bonchev–Trinajstić information content (AvgIpc) is 2.73. The van der Waals surface area contributed by atoms with Crippen LogP contribution in [0.5, 0.6) is 0 Å². The van der Waals surface area contributed by atoms with Crippen molar-refractivity contribution in [3.05, 3.63) is 5.82 Å². The SMILES string of the molecule is C[C@]1(C(=O)NCc2nc(N)n[nH]2)CCCCO1. The third-order valence-electron chi connectivity index (χ3n) is 2.91. The smallest absolute Gasteiger partial charge is 0.252 e. The minimum atomic E-state index is -0.718. The van der Waals surface area contributed by atoms with Crippen molar-refractivity contribution in [2.75, 3.05) is 12.3 Å². The van der Waals surface area contributed by atoms with Crippen LogP contribution in [-0.2, 0) is 16.1 Å². The number of nitrogen functional groups attached to an aromatic ring is 1. The van der Waals surface area contributed by atoms with Crippen LogP contribution in [0.4, 0.5) is 5.95 Å². The van der Waals surface area contributed by atoms with Crippen LogP contribution in [0.15, 0.2) is 0 Å². The van der Waals surface area contributed by atoms with E-state index in [9.17, 15) is 4.79 Å². The van der Waals surface area contributed by atoms with Crippen LogP contribution >= 0.6 is 0 Å². The molecule has 7 nitrogen and oxygen atoms in total. The molecule has 1 aromatic rings. The quantitative estimate of drug-likeness (QED) is 0.686. The number of carbonyl (C=O) groups excluding carboxylic acids is 1. The van der Waals surface area contributed by atoms with Crippen LogP contribution in [0.3, 0.4) is 0 Å². The number of nitrogens with zero attached hydrogens (tertiary/aromatic N) is 2. The van der Waals surface area contributed by atoms with E-state index in [0.717, 1.165) is 19.3 Å². The van der Waals surface area contributed by atoms with Crippen molar-refractivity contribution in [3.63, 3.8) is 0 Å². The maximum atomic E-state index is 12.0. The Kier molecular flexibility index (Phi) is 3.28. The van der Waals surface area contributed by atoms with E-state index in [2.05, 4.69) is 20.5 Å². The number of anilines is 1. The zero-order valence-electron chi connectivity index (χ0n) is 9.82. The van der Waals surface area contributed by atoms with Gasteiger partial charge in [-0.15, -0.1) is 5.10 Å². The Labute approximate surface area is 99.1 Å². The molecule has 1 aliphatic heterocycles. The third kappa shape index (κ3) is 2.73. The molecule has 1 fully saturated rings. The highest BCUT2D eigenvalue weighted by Gasteiger charge is 2.35. The third-order valence-corrected chi connectivity index (χ3v) is 2.91. The topological polar surface area (TPSA) is 106 Å². The standard InChI is InChI=1S/C10H17N5O2/c1-10(4-2-3-5-17-10)8(16)12-6-7-13-9(11)15-14-7/h2-6H2,1H3,(H,12,16)(H3,11,13,14,15)/t10-/m1/s1. The number of H-pyrrole nitrogens is 1. The summed E-state index contributed by atoms with van der Waals surface area (Å²) >= 11 is 0. The van der Waals surface area contributed by atoms with Gasteiger partial charge in [0, 0.05) is 6.61 Å². The van der Waals surface area contributed by atoms with Crippen molar-refractivity contribution >= 4 is 11.9 Å². The molecule has 0 aliphatic carbocycles. The van der Waals surface area contributed by atoms with Gasteiger partial charge >= 0.3 is 0 Å². The van der Waals surface area contributed by atoms with Gasteiger partial charge in [0.2, 0.25) is 5.95 Å². The minimum absolute atomic E-state index is 0.118. The lowest BCUT2D eigenvalue weighted by Crippen LogP contribution is -2.48. The van der Waals surface area contributed by atoms with Crippen molar-refractivity contribution in [2.45, 2.75) is 38.3 Å². The van der Waals surface area contributed by atoms with E-state index < -0.39 is 5.60 Å². The summed E-state index contributed by atoms with van der Waals surface area (Å²) in [5.41, 5.74) is 4.64. The fourth-order valence-electron chi connectivity index (χ4n) is 1.85. The van der Waals surface area contributed by atoms with Crippen LogP contribution in [0, 0.1) is 0 Å². The summed E-state index contributed by atoms with van der Waals surface area (Å²) in [6.07, 6.45) is 2.78. The Morgan fingerprint density at radius 1 is 1.65 bits per heavy atom. The number of carbonyl (C=O) groups is 1. The first kappa shape index (κ1) is 11.8. The highest BCUT2D eigenvalue weighted by Crippen LogP contribution is 2.24. The predicted molar refractivity (Wildman–Crippen MR) is 60.8 cm³/mol. The summed E-state index contributed by atoms with van der Waals surface area (Å²) in [7, 11) is 0. The van der Waals surface area contributed by atoms with E-state index in [0.29, 0.717) is 12.4 Å². The molecule has 2 rings (SSSR count). The second-order valence-electron chi connectivity index (χ2n) is 4.36. The zero-order chi connectivity index (χ0) is 12.3. The van der Waals surface area contributed by atoms with Crippen LogP contribution < -0.4 is 11.1 Å². The van der Waals surface area contributed by atoms with Gasteiger partial charge in [-0.3, -0.25) is 9.89 Å². The summed E-state index contributed by atoms with van der Waals surface area (Å²) in [4.78, 5) is 15.9. The van der Waals surface area contributed by atoms with E-state index in [4.69, 9.17) is 10.5 Å². The van der Waals surface area contributed by atoms with Crippen molar-refractivity contribution in [1.29, 1.82) is 0 Å². The molecule has 0 spiro atoms. The summed E-state index contributed by atoms with van der Waals surface area (Å²) < 4.78 is 5.54. The number of nitrogens with one attached hydrogen (secondary N) is 2. The first-order chi connectivity index (χ1) is 8.10. The lowest BCUT2D eigenvalue weighted by atomic mass is 9.95. The molecule has 7 heteroatoms. The fraction of sp³-hybridized carbons (Fsp3) is 0.700. The van der Waals surface area contributed by atoms with Crippen molar-refractivity contribution < 1.29 is 9.53 Å². The lowest BCUT2D eigenvalue weighted by Gasteiger charge is -2.32. The van der Waals surface area contributed by atoms with Crippen molar-refractivity contribution in [2.24, 2.45) is 0 Å². The lowest BCUT2D eigenvalue weighted by molar-refractivity contribution is -0.150. The first-order valence-corrected chi connectivity index (χ1v) is 5.69. The molecule has 0 radical (unpaired) electrons. The number of nitrogens with two attached hydrogens (primary N) is 1. The van der Waals surface area contributed by atoms with Crippen LogP contribution in [0.25, 0.3) is 0 Å². The van der Waals surface area contributed by atoms with E-state index >= 15 is 0 Å². The second kappa shape index (κ2) is 4.70. The van der Waals surface area contributed by atoms with Crippen molar-refractivity contribution in [3.8, 4) is 0 Å². The number of hydrogen-bond donors (Lipinski definition) is 3. The van der Waals surface area contributed by atoms with Gasteiger partial charge in [0.1, 0.15) is 11.4 Å². The Hall–Kier alpha value is -1.63. The van der Waals surface area contributed by atoms with Gasteiger partial charge in [-0.1, -0.05) is 0 Å². The summed E-state index contributed by atoms with van der Waals surface area (Å²) in [6.45, 7) is 2.73. The van der Waals surface area contributed by atoms with Gasteiger partial charge in [-0.05, 0) is 26.2 Å². The maximum Gasteiger partial charge on any atom is 0.252 e. The molecule has 1 aliphatic rings. The van der Waals surface area contributed by atoms with Gasteiger partial charge < -0.3 is 15.8 Å². The van der Waals surface area contributed by atoms with Crippen LogP contribution in [0.1, 0.15) is 32.0 Å². The average molecular weight is 239 g/mol. The summed E-state index contributed by atoms with van der Waals surface area (Å²) in [6, 6.07) is 0. The molecule has 1 amide bonds. The van der Waals surface area contributed by atoms with Gasteiger partial charge in [0.25, 0.3) is 5.91 Å². The molecule has 0 aromatic carbocycles. The van der Waals surface area contributed by atoms with E-state index in [1.165, 1.54) is 0 Å². The molecule has 0 saturated carbocycles. The predicted octanol–water partition coefficient (Wildman–Crippen LogP) is -0.0377. The Balaban J connectivity index is 1.88. The molecule has 1 aromatic heterocycles. The van der Waals surface area contributed by atoms with E-state index in [1.54, 1.807) is 0 Å². The van der Waals surface area contributed by atoms with Gasteiger partial charge in [0.05, 0.1) is 6.54 Å². The highest BCUT2D eigenvalue weighted by molar-refractivity contribution is 5.84. The first-order valence-electron chi connectivity index (χ1n) is 5.69. The second-order valence-corrected chi connectivity index (χ2v) is 4.36. The van der Waals surface area contributed by atoms with E-state index in [1.807, 2.05) is 6.92 Å². The number of rotatable bonds is 3. The molecule has 17 heavy (non-hydrogen) atoms. The Bertz CT molecular complexity index is 397. The number of hydrogen-bond acceptors (Lipinski definition) is 5. The number of amides is 1. The Morgan fingerprint density at radius 3 is 3.06 bits per heavy atom. The number of aromatic amines is 1. The van der Waals surface area contributed by atoms with E-state index in [-0.39, 0.29) is 18.4 Å². The largest absolute Gasteiger partial charge is 0.367 e. The highest BCUT2D eigenvalue weighted by atomic mass is 16.5. The summed E-state index contributed by atoms with van der Waals surface area (Å²) in [5.74, 6) is 0.594. The monoisotopic (exact) mass is 239 g/mol. The Morgan fingerprint density at radius 2 is 2.47 bits per heavy atom. The molecule has 1 saturated heterocycles. The number of aromatic nitrogens is 3. The molecule has 0 bridgehead atoms. The normalized spacial score (nSPS) is 24.5. The maximum absolute atomic E-state index is 12.0. The van der Waals surface area contributed by atoms with Gasteiger partial charge in [0.15, 0.2) is 0 Å². The van der Waals surface area contributed by atoms with Crippen molar-refractivity contribution in [1.82, 2.24) is 20.5 Å². The molecule has 4 N–H and O–H groups in total. The van der Waals surface area contributed by atoms with Gasteiger partial charge in [-0.2, -0.15) is 4.98 Å². The summed E-state index contributed by atoms with van der Waals surface area (Å²) in [5, 5.41) is 9.09. The zero-order valence-corrected chi connectivity index (χ0v) is 9.82. The molecular formula is C10H17N5O2. The molecule has 94 valence electrons. The van der Waals surface area contributed by atoms with Crippen LogP contribution in [0.2, 0.25) is 0 Å². The van der Waals surface area contributed by atoms with Crippen LogP contribution in [-0.4, -0.2) is 33.3 Å².